The van der Waals surface area contributed by atoms with Crippen LogP contribution in [0.3, 0.4) is 0 Å². The number of hydrogen-bond acceptors (Lipinski definition) is 3. The highest BCUT2D eigenvalue weighted by Crippen LogP contribution is 2.33. The Labute approximate surface area is 245 Å². The van der Waals surface area contributed by atoms with Crippen molar-refractivity contribution in [3.05, 3.63) is 105 Å². The van der Waals surface area contributed by atoms with Crippen LogP contribution < -0.4 is 10.6 Å². The van der Waals surface area contributed by atoms with E-state index in [0.29, 0.717) is 34.5 Å². The maximum absolute atomic E-state index is 13.5. The van der Waals surface area contributed by atoms with E-state index in [1.807, 2.05) is 12.1 Å². The van der Waals surface area contributed by atoms with Gasteiger partial charge in [0.05, 0.1) is 12.3 Å². The van der Waals surface area contributed by atoms with Gasteiger partial charge in [0.2, 0.25) is 5.91 Å². The molecule has 0 radical (unpaired) electrons. The molecule has 0 heterocycles. The quantitative estimate of drug-likeness (QED) is 0.230. The zero-order chi connectivity index (χ0) is 28.5. The van der Waals surface area contributed by atoms with Crippen molar-refractivity contribution in [3.8, 4) is 0 Å². The molecule has 6 nitrogen and oxygen atoms in total. The highest BCUT2D eigenvalue weighted by molar-refractivity contribution is 6.34. The maximum Gasteiger partial charge on any atom is 0.305 e. The lowest BCUT2D eigenvalue weighted by atomic mass is 9.83. The highest BCUT2D eigenvalue weighted by Gasteiger charge is 2.23. The Bertz CT molecular complexity index is 1300. The molecule has 210 valence electrons. The molecule has 2 amide bonds. The first-order valence-corrected chi connectivity index (χ1v) is 14.5. The fraction of sp³-hybridized carbons (Fsp3) is 0.344. The van der Waals surface area contributed by atoms with Gasteiger partial charge in [-0.05, 0) is 77.8 Å². The first kappa shape index (κ1) is 29.6. The van der Waals surface area contributed by atoms with Gasteiger partial charge in [0, 0.05) is 28.7 Å². The minimum absolute atomic E-state index is 0.0624. The number of rotatable bonds is 11. The molecular formula is C32H34Cl2N2O4. The third-order valence-corrected chi connectivity index (χ3v) is 7.84. The summed E-state index contributed by atoms with van der Waals surface area (Å²) >= 11 is 12.3. The summed E-state index contributed by atoms with van der Waals surface area (Å²) in [5.74, 6) is -1.27. The summed E-state index contributed by atoms with van der Waals surface area (Å²) in [5, 5.41) is 15.4. The van der Waals surface area contributed by atoms with Crippen LogP contribution >= 0.6 is 23.2 Å². The van der Waals surface area contributed by atoms with E-state index in [1.54, 1.807) is 30.3 Å². The second kappa shape index (κ2) is 14.3. The molecule has 1 aliphatic carbocycles. The molecule has 0 bridgehead atoms. The van der Waals surface area contributed by atoms with Crippen molar-refractivity contribution < 1.29 is 19.5 Å². The van der Waals surface area contributed by atoms with E-state index in [9.17, 15) is 14.4 Å². The summed E-state index contributed by atoms with van der Waals surface area (Å²) < 4.78 is 0. The molecular weight excluding hydrogens is 547 g/mol. The number of halogens is 2. The first-order chi connectivity index (χ1) is 19.3. The SMILES string of the molecule is O=C(O)CCNC(=O)c1ccc(CC(C(=O)NCc2cc(Cl)cc(Cl)c2)c2ccc(C3CCCCC3)cc2)cc1. The maximum atomic E-state index is 13.5. The summed E-state index contributed by atoms with van der Waals surface area (Å²) in [6.07, 6.45) is 6.56. The Morgan fingerprint density at radius 1 is 0.825 bits per heavy atom. The van der Waals surface area contributed by atoms with Crippen molar-refractivity contribution in [1.29, 1.82) is 0 Å². The molecule has 3 aromatic rings. The Hall–Kier alpha value is -3.35. The minimum Gasteiger partial charge on any atom is -0.481 e. The second-order valence-corrected chi connectivity index (χ2v) is 11.2. The predicted octanol–water partition coefficient (Wildman–Crippen LogP) is 6.89. The zero-order valence-corrected chi connectivity index (χ0v) is 23.8. The van der Waals surface area contributed by atoms with Gasteiger partial charge in [0.25, 0.3) is 5.91 Å². The molecule has 1 atom stereocenters. The largest absolute Gasteiger partial charge is 0.481 e. The Kier molecular flexibility index (Phi) is 10.6. The molecule has 3 N–H and O–H groups in total. The van der Waals surface area contributed by atoms with Crippen LogP contribution in [0.1, 0.15) is 83.0 Å². The van der Waals surface area contributed by atoms with E-state index < -0.39 is 11.9 Å². The average molecular weight is 582 g/mol. The van der Waals surface area contributed by atoms with E-state index in [4.69, 9.17) is 28.3 Å². The van der Waals surface area contributed by atoms with E-state index in [0.717, 1.165) is 16.7 Å². The van der Waals surface area contributed by atoms with Crippen LogP contribution in [0.2, 0.25) is 10.0 Å². The van der Waals surface area contributed by atoms with Gasteiger partial charge < -0.3 is 15.7 Å². The molecule has 1 aliphatic rings. The van der Waals surface area contributed by atoms with Crippen molar-refractivity contribution in [2.24, 2.45) is 0 Å². The van der Waals surface area contributed by atoms with Crippen molar-refractivity contribution in [2.75, 3.05) is 6.54 Å². The monoisotopic (exact) mass is 580 g/mol. The fourth-order valence-electron chi connectivity index (χ4n) is 5.24. The number of amides is 2. The second-order valence-electron chi connectivity index (χ2n) is 10.4. The van der Waals surface area contributed by atoms with E-state index >= 15 is 0 Å². The van der Waals surface area contributed by atoms with Crippen LogP contribution in [0.5, 0.6) is 0 Å². The molecule has 8 heteroatoms. The van der Waals surface area contributed by atoms with Gasteiger partial charge >= 0.3 is 5.97 Å². The molecule has 1 fully saturated rings. The molecule has 0 spiro atoms. The lowest BCUT2D eigenvalue weighted by Gasteiger charge is -2.23. The van der Waals surface area contributed by atoms with Gasteiger partial charge in [-0.1, -0.05) is 78.9 Å². The normalized spacial score (nSPS) is 14.3. The van der Waals surface area contributed by atoms with Crippen molar-refractivity contribution in [2.45, 2.75) is 63.3 Å². The molecule has 40 heavy (non-hydrogen) atoms. The lowest BCUT2D eigenvalue weighted by molar-refractivity contribution is -0.136. The zero-order valence-electron chi connectivity index (χ0n) is 22.3. The standard InChI is InChI=1S/C32H34Cl2N2O4/c33-27-16-22(17-28(34)19-27)20-36-32(40)29(25-12-10-24(11-13-25)23-4-2-1-3-5-23)18-21-6-8-26(9-7-21)31(39)35-15-14-30(37)38/h6-13,16-17,19,23,29H,1-5,14-15,18,20H2,(H,35,39)(H,36,40)(H,37,38). The molecule has 0 aromatic heterocycles. The number of carboxylic acids is 1. The summed E-state index contributed by atoms with van der Waals surface area (Å²) in [7, 11) is 0. The van der Waals surface area contributed by atoms with E-state index in [-0.39, 0.29) is 24.8 Å². The minimum atomic E-state index is -0.967. The van der Waals surface area contributed by atoms with Gasteiger partial charge in [-0.3, -0.25) is 14.4 Å². The number of carbonyl (C=O) groups is 3. The number of aliphatic carboxylic acids is 1. The van der Waals surface area contributed by atoms with Crippen LogP contribution in [0.25, 0.3) is 0 Å². The third-order valence-electron chi connectivity index (χ3n) is 7.40. The van der Waals surface area contributed by atoms with Gasteiger partial charge in [0.1, 0.15) is 0 Å². The van der Waals surface area contributed by atoms with Crippen LogP contribution in [0.15, 0.2) is 66.7 Å². The number of benzene rings is 3. The van der Waals surface area contributed by atoms with Crippen molar-refractivity contribution in [3.63, 3.8) is 0 Å². The summed E-state index contributed by atoms with van der Waals surface area (Å²) in [5.41, 5.74) is 4.41. The molecule has 1 saturated carbocycles. The number of hydrogen-bond donors (Lipinski definition) is 3. The van der Waals surface area contributed by atoms with E-state index in [2.05, 4.69) is 34.9 Å². The number of carboxylic acid groups (broad SMARTS) is 1. The average Bonchev–Trinajstić information content (AvgIpc) is 2.95. The lowest BCUT2D eigenvalue weighted by Crippen LogP contribution is -2.30. The third kappa shape index (κ3) is 8.57. The van der Waals surface area contributed by atoms with E-state index in [1.165, 1.54) is 37.7 Å². The predicted molar refractivity (Wildman–Crippen MR) is 158 cm³/mol. The Morgan fingerprint density at radius 3 is 2.10 bits per heavy atom. The molecule has 0 aliphatic heterocycles. The van der Waals surface area contributed by atoms with Gasteiger partial charge in [0.15, 0.2) is 0 Å². The fourth-order valence-corrected chi connectivity index (χ4v) is 5.81. The van der Waals surface area contributed by atoms with Crippen LogP contribution in [0.4, 0.5) is 0 Å². The molecule has 1 unspecified atom stereocenters. The Balaban J connectivity index is 1.49. The van der Waals surface area contributed by atoms with Crippen LogP contribution in [-0.4, -0.2) is 29.4 Å². The van der Waals surface area contributed by atoms with Crippen molar-refractivity contribution >= 4 is 41.0 Å². The number of nitrogens with one attached hydrogen (secondary N) is 2. The Morgan fingerprint density at radius 2 is 1.48 bits per heavy atom. The summed E-state index contributed by atoms with van der Waals surface area (Å²) in [6, 6.07) is 20.7. The van der Waals surface area contributed by atoms with Crippen LogP contribution in [0, 0.1) is 0 Å². The smallest absolute Gasteiger partial charge is 0.305 e. The van der Waals surface area contributed by atoms with Crippen LogP contribution in [-0.2, 0) is 22.6 Å². The molecule has 3 aromatic carbocycles. The molecule has 0 saturated heterocycles. The first-order valence-electron chi connectivity index (χ1n) is 13.7. The topological polar surface area (TPSA) is 95.5 Å². The summed E-state index contributed by atoms with van der Waals surface area (Å²) in [4.78, 5) is 36.6. The van der Waals surface area contributed by atoms with Gasteiger partial charge in [-0.15, -0.1) is 0 Å². The highest BCUT2D eigenvalue weighted by atomic mass is 35.5. The van der Waals surface area contributed by atoms with Gasteiger partial charge in [-0.2, -0.15) is 0 Å². The number of carbonyl (C=O) groups excluding carboxylic acids is 2. The summed E-state index contributed by atoms with van der Waals surface area (Å²) in [6.45, 7) is 0.359. The van der Waals surface area contributed by atoms with Gasteiger partial charge in [-0.25, -0.2) is 0 Å². The molecule has 4 rings (SSSR count). The van der Waals surface area contributed by atoms with Crippen molar-refractivity contribution in [1.82, 2.24) is 10.6 Å².